The number of halogens is 2. The number of esters is 1. The SMILES string of the molecule is CC[C@H](C)[C@H](N)C(=O)OCc1cc(Cl)nc(Cl)c1. The molecule has 0 aliphatic carbocycles. The maximum atomic E-state index is 11.7. The van der Waals surface area contributed by atoms with E-state index in [1.807, 2.05) is 13.8 Å². The smallest absolute Gasteiger partial charge is 0.323 e. The summed E-state index contributed by atoms with van der Waals surface area (Å²) in [6.45, 7) is 3.97. The Labute approximate surface area is 116 Å². The molecule has 1 rings (SSSR count). The Morgan fingerprint density at radius 2 is 2.00 bits per heavy atom. The van der Waals surface area contributed by atoms with E-state index in [4.69, 9.17) is 33.7 Å². The highest BCUT2D eigenvalue weighted by Crippen LogP contribution is 2.16. The summed E-state index contributed by atoms with van der Waals surface area (Å²) in [7, 11) is 0. The number of nitrogens with zero attached hydrogens (tertiary/aromatic N) is 1. The predicted octanol–water partition coefficient (Wildman–Crippen LogP) is 2.81. The van der Waals surface area contributed by atoms with Crippen LogP contribution in [-0.4, -0.2) is 17.0 Å². The highest BCUT2D eigenvalue weighted by atomic mass is 35.5. The van der Waals surface area contributed by atoms with E-state index < -0.39 is 12.0 Å². The van der Waals surface area contributed by atoms with Crippen molar-refractivity contribution in [1.82, 2.24) is 4.98 Å². The lowest BCUT2D eigenvalue weighted by Gasteiger charge is -2.16. The lowest BCUT2D eigenvalue weighted by molar-refractivity contribution is -0.147. The summed E-state index contributed by atoms with van der Waals surface area (Å²) in [5.41, 5.74) is 6.44. The summed E-state index contributed by atoms with van der Waals surface area (Å²) in [5.74, 6) is -0.337. The number of nitrogens with two attached hydrogens (primary N) is 1. The molecule has 0 radical (unpaired) electrons. The lowest BCUT2D eigenvalue weighted by Crippen LogP contribution is -2.37. The molecule has 0 amide bonds. The van der Waals surface area contributed by atoms with Crippen LogP contribution >= 0.6 is 23.2 Å². The molecule has 0 bridgehead atoms. The molecule has 2 N–H and O–H groups in total. The first-order chi connectivity index (χ1) is 8.43. The first kappa shape index (κ1) is 15.2. The maximum Gasteiger partial charge on any atom is 0.323 e. The van der Waals surface area contributed by atoms with Gasteiger partial charge in [-0.05, 0) is 23.6 Å². The Balaban J connectivity index is 2.57. The van der Waals surface area contributed by atoms with Gasteiger partial charge in [0, 0.05) is 0 Å². The van der Waals surface area contributed by atoms with Crippen LogP contribution in [0.15, 0.2) is 12.1 Å². The molecule has 4 nitrogen and oxygen atoms in total. The molecule has 18 heavy (non-hydrogen) atoms. The largest absolute Gasteiger partial charge is 0.460 e. The monoisotopic (exact) mass is 290 g/mol. The van der Waals surface area contributed by atoms with Crippen molar-refractivity contribution >= 4 is 29.2 Å². The maximum absolute atomic E-state index is 11.7. The fourth-order valence-corrected chi connectivity index (χ4v) is 1.84. The second-order valence-corrected chi connectivity index (χ2v) is 4.91. The molecule has 0 aliphatic heterocycles. The quantitative estimate of drug-likeness (QED) is 0.669. The average molecular weight is 291 g/mol. The van der Waals surface area contributed by atoms with Gasteiger partial charge in [0.15, 0.2) is 0 Å². The van der Waals surface area contributed by atoms with Crippen LogP contribution in [-0.2, 0) is 16.1 Å². The van der Waals surface area contributed by atoms with Crippen molar-refractivity contribution in [2.24, 2.45) is 11.7 Å². The Kier molecular flexibility index (Phi) is 5.85. The number of rotatable bonds is 5. The van der Waals surface area contributed by atoms with Gasteiger partial charge in [0.1, 0.15) is 23.0 Å². The summed E-state index contributed by atoms with van der Waals surface area (Å²) in [6, 6.07) is 2.58. The van der Waals surface area contributed by atoms with Gasteiger partial charge >= 0.3 is 5.97 Å². The van der Waals surface area contributed by atoms with Crippen molar-refractivity contribution in [1.29, 1.82) is 0 Å². The lowest BCUT2D eigenvalue weighted by atomic mass is 10.0. The minimum absolute atomic E-state index is 0.0853. The second-order valence-electron chi connectivity index (χ2n) is 4.14. The van der Waals surface area contributed by atoms with Gasteiger partial charge in [0.2, 0.25) is 0 Å². The number of carbonyl (C=O) groups excluding carboxylic acids is 1. The van der Waals surface area contributed by atoms with Crippen LogP contribution in [0.2, 0.25) is 10.3 Å². The van der Waals surface area contributed by atoms with E-state index >= 15 is 0 Å². The summed E-state index contributed by atoms with van der Waals surface area (Å²) in [6.07, 6.45) is 0.823. The molecule has 0 saturated carbocycles. The van der Waals surface area contributed by atoms with Gasteiger partial charge in [0.05, 0.1) is 0 Å². The number of pyridine rings is 1. The summed E-state index contributed by atoms with van der Waals surface area (Å²) >= 11 is 11.5. The minimum Gasteiger partial charge on any atom is -0.460 e. The van der Waals surface area contributed by atoms with Crippen molar-refractivity contribution in [3.63, 3.8) is 0 Å². The minimum atomic E-state index is -0.609. The zero-order valence-corrected chi connectivity index (χ0v) is 11.8. The fourth-order valence-electron chi connectivity index (χ4n) is 1.33. The highest BCUT2D eigenvalue weighted by molar-refractivity contribution is 6.32. The zero-order chi connectivity index (χ0) is 13.7. The van der Waals surface area contributed by atoms with Gasteiger partial charge in [-0.1, -0.05) is 43.5 Å². The van der Waals surface area contributed by atoms with E-state index in [9.17, 15) is 4.79 Å². The number of carbonyl (C=O) groups is 1. The highest BCUT2D eigenvalue weighted by Gasteiger charge is 2.20. The third kappa shape index (κ3) is 4.44. The molecule has 100 valence electrons. The first-order valence-corrected chi connectivity index (χ1v) is 6.43. The molecule has 1 heterocycles. The van der Waals surface area contributed by atoms with E-state index in [0.29, 0.717) is 5.56 Å². The van der Waals surface area contributed by atoms with Crippen LogP contribution in [0, 0.1) is 5.92 Å². The molecule has 0 aliphatic rings. The van der Waals surface area contributed by atoms with E-state index in [1.165, 1.54) is 0 Å². The fraction of sp³-hybridized carbons (Fsp3) is 0.500. The van der Waals surface area contributed by atoms with Crippen molar-refractivity contribution < 1.29 is 9.53 Å². The second kappa shape index (κ2) is 6.92. The van der Waals surface area contributed by atoms with Gasteiger partial charge < -0.3 is 10.5 Å². The Morgan fingerprint density at radius 1 is 1.44 bits per heavy atom. The molecule has 1 aromatic rings. The van der Waals surface area contributed by atoms with Gasteiger partial charge in [-0.3, -0.25) is 4.79 Å². The standard InChI is InChI=1S/C12H16Cl2N2O2/c1-3-7(2)11(15)12(17)18-6-8-4-9(13)16-10(14)5-8/h4-5,7,11H,3,6,15H2,1-2H3/t7-,11-/m0/s1. The van der Waals surface area contributed by atoms with Gasteiger partial charge in [-0.2, -0.15) is 0 Å². The molecule has 1 aromatic heterocycles. The van der Waals surface area contributed by atoms with Gasteiger partial charge in [-0.15, -0.1) is 0 Å². The van der Waals surface area contributed by atoms with Crippen molar-refractivity contribution in [2.45, 2.75) is 32.9 Å². The van der Waals surface area contributed by atoms with E-state index in [-0.39, 0.29) is 22.8 Å². The van der Waals surface area contributed by atoms with Crippen LogP contribution in [0.25, 0.3) is 0 Å². The molecule has 0 fully saturated rings. The first-order valence-electron chi connectivity index (χ1n) is 5.68. The van der Waals surface area contributed by atoms with Crippen LogP contribution in [0.3, 0.4) is 0 Å². The predicted molar refractivity (Wildman–Crippen MR) is 71.5 cm³/mol. The van der Waals surface area contributed by atoms with Crippen LogP contribution < -0.4 is 5.73 Å². The van der Waals surface area contributed by atoms with Gasteiger partial charge in [-0.25, -0.2) is 4.98 Å². The molecule has 0 spiro atoms. The van der Waals surface area contributed by atoms with E-state index in [2.05, 4.69) is 4.98 Å². The third-order valence-corrected chi connectivity index (χ3v) is 3.12. The molecule has 2 atom stereocenters. The number of ether oxygens (including phenoxy) is 1. The van der Waals surface area contributed by atoms with E-state index in [0.717, 1.165) is 6.42 Å². The van der Waals surface area contributed by atoms with E-state index in [1.54, 1.807) is 12.1 Å². The Bertz CT molecular complexity index is 406. The molecule has 0 saturated heterocycles. The Hall–Kier alpha value is -0.840. The van der Waals surface area contributed by atoms with Crippen LogP contribution in [0.4, 0.5) is 0 Å². The zero-order valence-electron chi connectivity index (χ0n) is 10.3. The number of hydrogen-bond acceptors (Lipinski definition) is 4. The van der Waals surface area contributed by atoms with Crippen molar-refractivity contribution in [2.75, 3.05) is 0 Å². The average Bonchev–Trinajstić information content (AvgIpc) is 2.32. The number of hydrogen-bond donors (Lipinski definition) is 1. The number of aromatic nitrogens is 1. The molecule has 0 aromatic carbocycles. The van der Waals surface area contributed by atoms with Gasteiger partial charge in [0.25, 0.3) is 0 Å². The molecular formula is C12H16Cl2N2O2. The molecule has 6 heteroatoms. The topological polar surface area (TPSA) is 65.2 Å². The normalized spacial score (nSPS) is 14.1. The van der Waals surface area contributed by atoms with Crippen molar-refractivity contribution in [3.8, 4) is 0 Å². The molecular weight excluding hydrogens is 275 g/mol. The molecule has 0 unspecified atom stereocenters. The Morgan fingerprint density at radius 3 is 2.50 bits per heavy atom. The van der Waals surface area contributed by atoms with Crippen LogP contribution in [0.1, 0.15) is 25.8 Å². The van der Waals surface area contributed by atoms with Crippen molar-refractivity contribution in [3.05, 3.63) is 28.0 Å². The summed E-state index contributed by atoms with van der Waals surface area (Å²) in [4.78, 5) is 15.5. The summed E-state index contributed by atoms with van der Waals surface area (Å²) < 4.78 is 5.11. The third-order valence-electron chi connectivity index (χ3n) is 2.73. The van der Waals surface area contributed by atoms with Crippen LogP contribution in [0.5, 0.6) is 0 Å². The summed E-state index contributed by atoms with van der Waals surface area (Å²) in [5, 5.41) is 0.527.